The second kappa shape index (κ2) is 7.20. The van der Waals surface area contributed by atoms with Crippen molar-refractivity contribution in [3.63, 3.8) is 0 Å². The van der Waals surface area contributed by atoms with Gasteiger partial charge in [0.25, 0.3) is 5.91 Å². The normalized spacial score (nSPS) is 11.2. The fourth-order valence-electron chi connectivity index (χ4n) is 2.85. The average Bonchev–Trinajstić information content (AvgIpc) is 3.19. The molecule has 3 rings (SSSR count). The molecule has 1 N–H and O–H groups in total. The smallest absolute Gasteiger partial charge is 0.270 e. The summed E-state index contributed by atoms with van der Waals surface area (Å²) in [4.78, 5) is 12.8. The van der Waals surface area contributed by atoms with E-state index in [4.69, 9.17) is 4.42 Å². The molecule has 0 radical (unpaired) electrons. The Labute approximate surface area is 154 Å². The predicted octanol–water partition coefficient (Wildman–Crippen LogP) is 4.44. The van der Waals surface area contributed by atoms with Crippen molar-refractivity contribution < 1.29 is 9.21 Å². The molecule has 2 aromatic heterocycles. The standard InChI is InChI=1S/C21H25N3O2/c1-13(2)12-22-21(25)19-11-17(20-9-7-16(5)26-20)23-24(19)18-8-6-14(3)10-15(18)4/h6-11,13H,12H2,1-5H3,(H,22,25). The summed E-state index contributed by atoms with van der Waals surface area (Å²) >= 11 is 0. The fraction of sp³-hybridized carbons (Fsp3) is 0.333. The van der Waals surface area contributed by atoms with Gasteiger partial charge in [-0.1, -0.05) is 31.5 Å². The number of nitrogens with one attached hydrogen (secondary N) is 1. The van der Waals surface area contributed by atoms with E-state index in [0.717, 1.165) is 17.0 Å². The minimum Gasteiger partial charge on any atom is -0.460 e. The summed E-state index contributed by atoms with van der Waals surface area (Å²) in [5, 5.41) is 7.64. The first-order chi connectivity index (χ1) is 12.3. The number of aromatic nitrogens is 2. The van der Waals surface area contributed by atoms with Crippen LogP contribution >= 0.6 is 0 Å². The summed E-state index contributed by atoms with van der Waals surface area (Å²) in [6.07, 6.45) is 0. The van der Waals surface area contributed by atoms with Crippen molar-refractivity contribution in [2.24, 2.45) is 5.92 Å². The van der Waals surface area contributed by atoms with Gasteiger partial charge in [-0.05, 0) is 50.5 Å². The highest BCUT2D eigenvalue weighted by Gasteiger charge is 2.20. The lowest BCUT2D eigenvalue weighted by Crippen LogP contribution is -2.29. The molecule has 0 aliphatic heterocycles. The van der Waals surface area contributed by atoms with Crippen LogP contribution in [0.25, 0.3) is 17.1 Å². The molecule has 2 heterocycles. The first-order valence-electron chi connectivity index (χ1n) is 8.88. The third-order valence-corrected chi connectivity index (χ3v) is 4.19. The summed E-state index contributed by atoms with van der Waals surface area (Å²) in [6.45, 7) is 10.7. The van der Waals surface area contributed by atoms with E-state index in [9.17, 15) is 4.79 Å². The van der Waals surface area contributed by atoms with Crippen LogP contribution in [-0.4, -0.2) is 22.2 Å². The summed E-state index contributed by atoms with van der Waals surface area (Å²) < 4.78 is 7.40. The Kier molecular flexibility index (Phi) is 4.98. The van der Waals surface area contributed by atoms with Crippen LogP contribution in [-0.2, 0) is 0 Å². The molecule has 0 saturated heterocycles. The number of furan rings is 1. The Bertz CT molecular complexity index is 935. The molecule has 0 fully saturated rings. The Balaban J connectivity index is 2.08. The molecule has 0 aliphatic rings. The highest BCUT2D eigenvalue weighted by atomic mass is 16.3. The minimum absolute atomic E-state index is 0.138. The number of rotatable bonds is 5. The summed E-state index contributed by atoms with van der Waals surface area (Å²) in [7, 11) is 0. The lowest BCUT2D eigenvalue weighted by Gasteiger charge is -2.12. The molecular weight excluding hydrogens is 326 g/mol. The Morgan fingerprint density at radius 2 is 1.92 bits per heavy atom. The Morgan fingerprint density at radius 1 is 1.15 bits per heavy atom. The van der Waals surface area contributed by atoms with Crippen molar-refractivity contribution >= 4 is 5.91 Å². The summed E-state index contributed by atoms with van der Waals surface area (Å²) in [5.74, 6) is 1.71. The second-order valence-electron chi connectivity index (χ2n) is 7.13. The predicted molar refractivity (Wildman–Crippen MR) is 103 cm³/mol. The zero-order chi connectivity index (χ0) is 18.8. The second-order valence-corrected chi connectivity index (χ2v) is 7.13. The van der Waals surface area contributed by atoms with Gasteiger partial charge in [0.15, 0.2) is 5.76 Å². The van der Waals surface area contributed by atoms with Gasteiger partial charge in [-0.3, -0.25) is 4.79 Å². The van der Waals surface area contributed by atoms with Gasteiger partial charge in [0.1, 0.15) is 17.1 Å². The van der Waals surface area contributed by atoms with Crippen molar-refractivity contribution in [2.45, 2.75) is 34.6 Å². The van der Waals surface area contributed by atoms with Gasteiger partial charge in [-0.15, -0.1) is 0 Å². The molecule has 3 aromatic rings. The van der Waals surface area contributed by atoms with Crippen LogP contribution in [0.15, 0.2) is 40.8 Å². The molecular formula is C21H25N3O2. The molecule has 1 aromatic carbocycles. The number of nitrogens with zero attached hydrogens (tertiary/aromatic N) is 2. The maximum atomic E-state index is 12.8. The van der Waals surface area contributed by atoms with Crippen LogP contribution in [0.1, 0.15) is 41.2 Å². The van der Waals surface area contributed by atoms with E-state index in [-0.39, 0.29) is 5.91 Å². The van der Waals surface area contributed by atoms with Crippen molar-refractivity contribution in [3.05, 3.63) is 59.0 Å². The molecule has 136 valence electrons. The van der Waals surface area contributed by atoms with Gasteiger partial charge in [0.2, 0.25) is 0 Å². The number of amides is 1. The molecule has 0 bridgehead atoms. The fourth-order valence-corrected chi connectivity index (χ4v) is 2.85. The van der Waals surface area contributed by atoms with Crippen molar-refractivity contribution in [2.75, 3.05) is 6.54 Å². The molecule has 26 heavy (non-hydrogen) atoms. The number of carbonyl (C=O) groups is 1. The molecule has 0 aliphatic carbocycles. The van der Waals surface area contributed by atoms with E-state index in [2.05, 4.69) is 30.3 Å². The average molecular weight is 351 g/mol. The van der Waals surface area contributed by atoms with Gasteiger partial charge >= 0.3 is 0 Å². The largest absolute Gasteiger partial charge is 0.460 e. The van der Waals surface area contributed by atoms with Gasteiger partial charge < -0.3 is 9.73 Å². The minimum atomic E-state index is -0.138. The van der Waals surface area contributed by atoms with Crippen molar-refractivity contribution in [1.29, 1.82) is 0 Å². The Morgan fingerprint density at radius 3 is 2.54 bits per heavy atom. The third kappa shape index (κ3) is 3.72. The van der Waals surface area contributed by atoms with Crippen molar-refractivity contribution in [1.82, 2.24) is 15.1 Å². The first-order valence-corrected chi connectivity index (χ1v) is 8.88. The lowest BCUT2D eigenvalue weighted by atomic mass is 10.1. The summed E-state index contributed by atoms with van der Waals surface area (Å²) in [6, 6.07) is 11.7. The molecule has 5 nitrogen and oxygen atoms in total. The Hall–Kier alpha value is -2.82. The third-order valence-electron chi connectivity index (χ3n) is 4.19. The van der Waals surface area contributed by atoms with Crippen molar-refractivity contribution in [3.8, 4) is 17.1 Å². The van der Waals surface area contributed by atoms with Gasteiger partial charge in [0.05, 0.1) is 5.69 Å². The van der Waals surface area contributed by atoms with Crippen LogP contribution in [0.5, 0.6) is 0 Å². The van der Waals surface area contributed by atoms with Gasteiger partial charge in [0, 0.05) is 12.6 Å². The molecule has 0 unspecified atom stereocenters. The first kappa shape index (κ1) is 18.0. The molecule has 1 amide bonds. The number of hydrogen-bond acceptors (Lipinski definition) is 3. The maximum absolute atomic E-state index is 12.8. The number of hydrogen-bond donors (Lipinski definition) is 1. The van der Waals surface area contributed by atoms with E-state index in [1.54, 1.807) is 10.7 Å². The van der Waals surface area contributed by atoms with E-state index < -0.39 is 0 Å². The van der Waals surface area contributed by atoms with E-state index in [0.29, 0.717) is 29.6 Å². The van der Waals surface area contributed by atoms with Gasteiger partial charge in [-0.25, -0.2) is 4.68 Å². The van der Waals surface area contributed by atoms with E-state index in [1.807, 2.05) is 45.0 Å². The van der Waals surface area contributed by atoms with E-state index >= 15 is 0 Å². The van der Waals surface area contributed by atoms with Gasteiger partial charge in [-0.2, -0.15) is 5.10 Å². The topological polar surface area (TPSA) is 60.1 Å². The molecule has 0 saturated carbocycles. The molecule has 0 atom stereocenters. The van der Waals surface area contributed by atoms with Crippen LogP contribution in [0.4, 0.5) is 0 Å². The van der Waals surface area contributed by atoms with E-state index in [1.165, 1.54) is 5.56 Å². The zero-order valence-corrected chi connectivity index (χ0v) is 16.0. The number of aryl methyl sites for hydroxylation is 3. The monoisotopic (exact) mass is 351 g/mol. The number of carbonyl (C=O) groups excluding carboxylic acids is 1. The summed E-state index contributed by atoms with van der Waals surface area (Å²) in [5.41, 5.74) is 4.27. The van der Waals surface area contributed by atoms with Crippen LogP contribution in [0, 0.1) is 26.7 Å². The zero-order valence-electron chi connectivity index (χ0n) is 16.0. The highest BCUT2D eigenvalue weighted by Crippen LogP contribution is 2.25. The molecule has 5 heteroatoms. The van der Waals surface area contributed by atoms with Crippen LogP contribution < -0.4 is 5.32 Å². The maximum Gasteiger partial charge on any atom is 0.270 e. The van der Waals surface area contributed by atoms with Crippen LogP contribution in [0.2, 0.25) is 0 Å². The highest BCUT2D eigenvalue weighted by molar-refractivity contribution is 5.94. The quantitative estimate of drug-likeness (QED) is 0.739. The number of benzene rings is 1. The lowest BCUT2D eigenvalue weighted by molar-refractivity contribution is 0.0941. The SMILES string of the molecule is Cc1ccc(-n2nc(-c3ccc(C)o3)cc2C(=O)NCC(C)C)c(C)c1. The molecule has 0 spiro atoms. The van der Waals surface area contributed by atoms with Crippen LogP contribution in [0.3, 0.4) is 0 Å².